The van der Waals surface area contributed by atoms with Gasteiger partial charge in [0, 0.05) is 12.0 Å². The van der Waals surface area contributed by atoms with Gasteiger partial charge in [-0.1, -0.05) is 5.16 Å². The van der Waals surface area contributed by atoms with Gasteiger partial charge in [0.15, 0.2) is 0 Å². The minimum absolute atomic E-state index is 0.605. The highest BCUT2D eigenvalue weighted by atomic mass is 16.5. The van der Waals surface area contributed by atoms with E-state index in [0.717, 1.165) is 36.7 Å². The number of nitrogens with one attached hydrogen (secondary N) is 1. The highest BCUT2D eigenvalue weighted by Gasteiger charge is 2.17. The van der Waals surface area contributed by atoms with E-state index in [-0.39, 0.29) is 0 Å². The fourth-order valence-electron chi connectivity index (χ4n) is 2.54. The lowest BCUT2D eigenvalue weighted by molar-refractivity contribution is 0.316. The lowest BCUT2D eigenvalue weighted by atomic mass is 9.96. The minimum Gasteiger partial charge on any atom is -0.497 e. The van der Waals surface area contributed by atoms with Crippen LogP contribution in [0.1, 0.15) is 18.7 Å². The third-order valence-electron chi connectivity index (χ3n) is 3.68. The van der Waals surface area contributed by atoms with Crippen molar-refractivity contribution in [2.45, 2.75) is 19.3 Å². The van der Waals surface area contributed by atoms with E-state index in [2.05, 4.69) is 15.5 Å². The third-order valence-corrected chi connectivity index (χ3v) is 3.68. The Morgan fingerprint density at radius 1 is 1.35 bits per heavy atom. The molecule has 3 rings (SSSR count). The predicted molar refractivity (Wildman–Crippen MR) is 75.6 cm³/mol. The third kappa shape index (κ3) is 2.99. The molecule has 2 aromatic rings. The number of ether oxygens (including phenoxy) is 1. The Kier molecular flexibility index (Phi) is 3.97. The van der Waals surface area contributed by atoms with E-state index in [4.69, 9.17) is 9.26 Å². The standard InChI is InChI=1S/C15H19N3O2/c1-19-13-6-4-12(5-7-13)15-17-14(20-18-15)9-11-3-2-8-16-10-11/h4-7,11,16H,2-3,8-10H2,1H3. The van der Waals surface area contributed by atoms with Crippen molar-refractivity contribution in [3.8, 4) is 17.1 Å². The van der Waals surface area contributed by atoms with Crippen molar-refractivity contribution in [1.29, 1.82) is 0 Å². The molecular weight excluding hydrogens is 254 g/mol. The van der Waals surface area contributed by atoms with Crippen molar-refractivity contribution < 1.29 is 9.26 Å². The van der Waals surface area contributed by atoms with Crippen LogP contribution in [-0.4, -0.2) is 30.3 Å². The number of nitrogens with zero attached hydrogens (tertiary/aromatic N) is 2. The summed E-state index contributed by atoms with van der Waals surface area (Å²) >= 11 is 0. The van der Waals surface area contributed by atoms with Gasteiger partial charge in [-0.05, 0) is 56.1 Å². The van der Waals surface area contributed by atoms with E-state index in [1.54, 1.807) is 7.11 Å². The first-order chi connectivity index (χ1) is 9.85. The molecule has 1 N–H and O–H groups in total. The summed E-state index contributed by atoms with van der Waals surface area (Å²) in [4.78, 5) is 4.48. The van der Waals surface area contributed by atoms with E-state index in [0.29, 0.717) is 11.7 Å². The van der Waals surface area contributed by atoms with Crippen LogP contribution in [0.15, 0.2) is 28.8 Å². The first-order valence-corrected chi connectivity index (χ1v) is 7.03. The van der Waals surface area contributed by atoms with Crippen LogP contribution in [-0.2, 0) is 6.42 Å². The Balaban J connectivity index is 1.68. The van der Waals surface area contributed by atoms with Crippen LogP contribution in [0, 0.1) is 5.92 Å². The summed E-state index contributed by atoms with van der Waals surface area (Å²) in [7, 11) is 1.65. The number of rotatable bonds is 4. The summed E-state index contributed by atoms with van der Waals surface area (Å²) in [5.74, 6) is 2.80. The SMILES string of the molecule is COc1ccc(-c2noc(CC3CCCNC3)n2)cc1. The van der Waals surface area contributed by atoms with Gasteiger partial charge in [0.05, 0.1) is 7.11 Å². The van der Waals surface area contributed by atoms with Crippen LogP contribution < -0.4 is 10.1 Å². The molecule has 0 bridgehead atoms. The van der Waals surface area contributed by atoms with Crippen LogP contribution in [0.2, 0.25) is 0 Å². The fourth-order valence-corrected chi connectivity index (χ4v) is 2.54. The summed E-state index contributed by atoms with van der Waals surface area (Å²) in [5.41, 5.74) is 0.947. The van der Waals surface area contributed by atoms with Crippen molar-refractivity contribution in [2.24, 2.45) is 5.92 Å². The van der Waals surface area contributed by atoms with Gasteiger partial charge in [-0.2, -0.15) is 4.98 Å². The lowest BCUT2D eigenvalue weighted by Crippen LogP contribution is -2.30. The van der Waals surface area contributed by atoms with E-state index in [1.165, 1.54) is 12.8 Å². The summed E-state index contributed by atoms with van der Waals surface area (Å²) in [5, 5.41) is 7.46. The molecule has 1 aliphatic heterocycles. The molecule has 5 heteroatoms. The van der Waals surface area contributed by atoms with Crippen molar-refractivity contribution in [3.63, 3.8) is 0 Å². The van der Waals surface area contributed by atoms with E-state index >= 15 is 0 Å². The van der Waals surface area contributed by atoms with Gasteiger partial charge < -0.3 is 14.6 Å². The highest BCUT2D eigenvalue weighted by molar-refractivity contribution is 5.55. The summed E-state index contributed by atoms with van der Waals surface area (Å²) in [6, 6.07) is 7.68. The van der Waals surface area contributed by atoms with Gasteiger partial charge >= 0.3 is 0 Å². The number of methoxy groups -OCH3 is 1. The van der Waals surface area contributed by atoms with Crippen molar-refractivity contribution in [3.05, 3.63) is 30.2 Å². The summed E-state index contributed by atoms with van der Waals surface area (Å²) in [6.07, 6.45) is 3.31. The zero-order valence-electron chi connectivity index (χ0n) is 11.6. The van der Waals surface area contributed by atoms with Crippen LogP contribution >= 0.6 is 0 Å². The van der Waals surface area contributed by atoms with Gasteiger partial charge in [0.25, 0.3) is 0 Å². The number of hydrogen-bond acceptors (Lipinski definition) is 5. The Labute approximate surface area is 118 Å². The molecule has 106 valence electrons. The minimum atomic E-state index is 0.605. The first kappa shape index (κ1) is 13.1. The quantitative estimate of drug-likeness (QED) is 0.926. The van der Waals surface area contributed by atoms with E-state index < -0.39 is 0 Å². The molecule has 0 saturated carbocycles. The molecule has 1 saturated heterocycles. The second-order valence-corrected chi connectivity index (χ2v) is 5.16. The van der Waals surface area contributed by atoms with Crippen LogP contribution in [0.4, 0.5) is 0 Å². The van der Waals surface area contributed by atoms with Gasteiger partial charge in [-0.25, -0.2) is 0 Å². The average Bonchev–Trinajstić information content (AvgIpc) is 2.97. The normalized spacial score (nSPS) is 18.9. The van der Waals surface area contributed by atoms with E-state index in [9.17, 15) is 0 Å². The molecular formula is C15H19N3O2. The van der Waals surface area contributed by atoms with Crippen LogP contribution in [0.25, 0.3) is 11.4 Å². The topological polar surface area (TPSA) is 60.2 Å². The maximum atomic E-state index is 5.36. The molecule has 0 aliphatic carbocycles. The maximum absolute atomic E-state index is 5.36. The summed E-state index contributed by atoms with van der Waals surface area (Å²) < 4.78 is 10.5. The predicted octanol–water partition coefficient (Wildman–Crippen LogP) is 2.29. The molecule has 20 heavy (non-hydrogen) atoms. The molecule has 0 spiro atoms. The van der Waals surface area contributed by atoms with Crippen LogP contribution in [0.3, 0.4) is 0 Å². The molecule has 1 unspecified atom stereocenters. The Morgan fingerprint density at radius 2 is 2.20 bits per heavy atom. The van der Waals surface area contributed by atoms with Gasteiger partial charge in [-0.3, -0.25) is 0 Å². The van der Waals surface area contributed by atoms with Gasteiger partial charge in [0.1, 0.15) is 5.75 Å². The molecule has 0 amide bonds. The second kappa shape index (κ2) is 6.05. The molecule has 1 aliphatic rings. The first-order valence-electron chi connectivity index (χ1n) is 7.03. The molecule has 0 radical (unpaired) electrons. The number of piperidine rings is 1. The molecule has 1 aromatic heterocycles. The van der Waals surface area contributed by atoms with Crippen molar-refractivity contribution >= 4 is 0 Å². The number of aromatic nitrogens is 2. The Hall–Kier alpha value is -1.88. The molecule has 5 nitrogen and oxygen atoms in total. The smallest absolute Gasteiger partial charge is 0.227 e. The monoisotopic (exact) mass is 273 g/mol. The van der Waals surface area contributed by atoms with Crippen LogP contribution in [0.5, 0.6) is 5.75 Å². The Morgan fingerprint density at radius 3 is 2.90 bits per heavy atom. The van der Waals surface area contributed by atoms with Gasteiger partial charge in [0.2, 0.25) is 11.7 Å². The lowest BCUT2D eigenvalue weighted by Gasteiger charge is -2.20. The average molecular weight is 273 g/mol. The summed E-state index contributed by atoms with van der Waals surface area (Å²) in [6.45, 7) is 2.16. The molecule has 2 heterocycles. The second-order valence-electron chi connectivity index (χ2n) is 5.16. The van der Waals surface area contributed by atoms with Crippen molar-refractivity contribution in [2.75, 3.05) is 20.2 Å². The zero-order chi connectivity index (χ0) is 13.8. The largest absolute Gasteiger partial charge is 0.497 e. The number of hydrogen-bond donors (Lipinski definition) is 1. The molecule has 1 aromatic carbocycles. The fraction of sp³-hybridized carbons (Fsp3) is 0.467. The Bertz CT molecular complexity index is 545. The molecule has 1 atom stereocenters. The number of benzene rings is 1. The van der Waals surface area contributed by atoms with Gasteiger partial charge in [-0.15, -0.1) is 0 Å². The van der Waals surface area contributed by atoms with Crippen molar-refractivity contribution in [1.82, 2.24) is 15.5 Å². The maximum Gasteiger partial charge on any atom is 0.227 e. The zero-order valence-corrected chi connectivity index (χ0v) is 11.6. The van der Waals surface area contributed by atoms with E-state index in [1.807, 2.05) is 24.3 Å². The highest BCUT2D eigenvalue weighted by Crippen LogP contribution is 2.21. The molecule has 1 fully saturated rings.